The lowest BCUT2D eigenvalue weighted by Gasteiger charge is -2.17. The molecule has 0 unspecified atom stereocenters. The largest absolute Gasteiger partial charge is 0.357 e. The van der Waals surface area contributed by atoms with E-state index in [9.17, 15) is 4.79 Å². The van der Waals surface area contributed by atoms with Gasteiger partial charge in [-0.3, -0.25) is 4.79 Å². The molecule has 0 radical (unpaired) electrons. The maximum Gasteiger partial charge on any atom is 0.241 e. The lowest BCUT2D eigenvalue weighted by molar-refractivity contribution is -0.126. The minimum Gasteiger partial charge on any atom is -0.357 e. The fourth-order valence-electron chi connectivity index (χ4n) is 1.93. The van der Waals surface area contributed by atoms with Gasteiger partial charge in [-0.25, -0.2) is 0 Å². The van der Waals surface area contributed by atoms with Gasteiger partial charge in [0.25, 0.3) is 0 Å². The summed E-state index contributed by atoms with van der Waals surface area (Å²) in [5, 5.41) is 5.86. The average molecular weight is 279 g/mol. The van der Waals surface area contributed by atoms with Crippen LogP contribution in [0.2, 0.25) is 0 Å². The first kappa shape index (κ1) is 14.3. The molecule has 0 spiro atoms. The molecule has 0 aromatic carbocycles. The van der Waals surface area contributed by atoms with Crippen LogP contribution in [-0.4, -0.2) is 66.5 Å². The number of carbonyl (C=O) groups excluding carboxylic acids is 1. The molecule has 1 aromatic rings. The number of likely N-dealkylation sites (N-methyl/N-ethyl adjacent to an activating group) is 1. The van der Waals surface area contributed by atoms with E-state index in [1.165, 1.54) is 4.90 Å². The molecule has 1 aromatic heterocycles. The fourth-order valence-corrected chi connectivity index (χ4v) is 1.93. The molecule has 1 saturated heterocycles. The Balaban J connectivity index is 2.11. The predicted octanol–water partition coefficient (Wildman–Crippen LogP) is 0.0136. The molecule has 1 fully saturated rings. The number of hydrogen-bond acceptors (Lipinski definition) is 7. The van der Waals surface area contributed by atoms with Gasteiger partial charge in [-0.1, -0.05) is 0 Å². The van der Waals surface area contributed by atoms with Crippen LogP contribution in [0.5, 0.6) is 0 Å². The highest BCUT2D eigenvalue weighted by Crippen LogP contribution is 2.18. The van der Waals surface area contributed by atoms with Gasteiger partial charge in [0.1, 0.15) is 0 Å². The summed E-state index contributed by atoms with van der Waals surface area (Å²) in [4.78, 5) is 28.2. The van der Waals surface area contributed by atoms with Crippen LogP contribution in [0.4, 0.5) is 17.8 Å². The molecule has 2 rings (SSSR count). The van der Waals surface area contributed by atoms with E-state index in [1.807, 2.05) is 0 Å². The van der Waals surface area contributed by atoms with Crippen molar-refractivity contribution in [3.63, 3.8) is 0 Å². The maximum absolute atomic E-state index is 11.6. The molecule has 20 heavy (non-hydrogen) atoms. The summed E-state index contributed by atoms with van der Waals surface area (Å²) in [5.41, 5.74) is 0. The number of carbonyl (C=O) groups is 1. The summed E-state index contributed by atoms with van der Waals surface area (Å²) in [5.74, 6) is 1.55. The number of hydrogen-bond donors (Lipinski definition) is 2. The van der Waals surface area contributed by atoms with Gasteiger partial charge in [0.2, 0.25) is 23.8 Å². The summed E-state index contributed by atoms with van der Waals surface area (Å²) in [6.07, 6.45) is 2.31. The first-order valence-corrected chi connectivity index (χ1v) is 6.73. The van der Waals surface area contributed by atoms with Crippen molar-refractivity contribution < 1.29 is 4.79 Å². The zero-order valence-electron chi connectivity index (χ0n) is 12.2. The van der Waals surface area contributed by atoms with E-state index in [-0.39, 0.29) is 12.5 Å². The van der Waals surface area contributed by atoms with Gasteiger partial charge in [-0.05, 0) is 12.8 Å². The third-order valence-electron chi connectivity index (χ3n) is 3.13. The van der Waals surface area contributed by atoms with Crippen molar-refractivity contribution in [3.05, 3.63) is 0 Å². The Morgan fingerprint density at radius 2 is 1.85 bits per heavy atom. The second-order valence-corrected chi connectivity index (χ2v) is 4.87. The molecule has 2 N–H and O–H groups in total. The molecule has 0 saturated carbocycles. The fraction of sp³-hybridized carbons (Fsp3) is 0.667. The van der Waals surface area contributed by atoms with E-state index in [4.69, 9.17) is 0 Å². The van der Waals surface area contributed by atoms with Crippen molar-refractivity contribution in [3.8, 4) is 0 Å². The van der Waals surface area contributed by atoms with Crippen molar-refractivity contribution in [2.75, 3.05) is 56.3 Å². The summed E-state index contributed by atoms with van der Waals surface area (Å²) in [7, 11) is 5.19. The second kappa shape index (κ2) is 6.36. The number of nitrogens with zero attached hydrogens (tertiary/aromatic N) is 5. The topological polar surface area (TPSA) is 86.3 Å². The van der Waals surface area contributed by atoms with Crippen LogP contribution in [0, 0.1) is 0 Å². The van der Waals surface area contributed by atoms with Gasteiger partial charge in [0, 0.05) is 34.2 Å². The smallest absolute Gasteiger partial charge is 0.241 e. The lowest BCUT2D eigenvalue weighted by atomic mass is 10.4. The highest BCUT2D eigenvalue weighted by Gasteiger charge is 2.17. The van der Waals surface area contributed by atoms with E-state index < -0.39 is 0 Å². The first-order chi connectivity index (χ1) is 9.60. The summed E-state index contributed by atoms with van der Waals surface area (Å²) in [6, 6.07) is 0. The molecular formula is C12H21N7O. The summed E-state index contributed by atoms with van der Waals surface area (Å²) < 4.78 is 0. The van der Waals surface area contributed by atoms with E-state index in [0.29, 0.717) is 17.8 Å². The lowest BCUT2D eigenvalue weighted by Crippen LogP contribution is -2.29. The minimum atomic E-state index is -0.0286. The van der Waals surface area contributed by atoms with Gasteiger partial charge < -0.3 is 20.4 Å². The summed E-state index contributed by atoms with van der Waals surface area (Å²) in [6.45, 7) is 2.09. The zero-order valence-corrected chi connectivity index (χ0v) is 12.2. The van der Waals surface area contributed by atoms with Crippen LogP contribution >= 0.6 is 0 Å². The SMILES string of the molecule is CNc1nc(NCC(=O)N(C)C)nc(N2CCCC2)n1. The number of amides is 1. The summed E-state index contributed by atoms with van der Waals surface area (Å²) >= 11 is 0. The molecule has 1 aliphatic rings. The Kier molecular flexibility index (Phi) is 4.54. The van der Waals surface area contributed by atoms with Crippen molar-refractivity contribution in [2.45, 2.75) is 12.8 Å². The van der Waals surface area contributed by atoms with Gasteiger partial charge in [0.05, 0.1) is 6.54 Å². The van der Waals surface area contributed by atoms with Crippen LogP contribution in [0.3, 0.4) is 0 Å². The number of rotatable bonds is 5. The molecule has 2 heterocycles. The molecule has 0 atom stereocenters. The first-order valence-electron chi connectivity index (χ1n) is 6.73. The monoisotopic (exact) mass is 279 g/mol. The maximum atomic E-state index is 11.6. The number of nitrogens with one attached hydrogen (secondary N) is 2. The van der Waals surface area contributed by atoms with Crippen molar-refractivity contribution in [2.24, 2.45) is 0 Å². The molecule has 110 valence electrons. The zero-order chi connectivity index (χ0) is 14.5. The van der Waals surface area contributed by atoms with E-state index in [1.54, 1.807) is 21.1 Å². The van der Waals surface area contributed by atoms with E-state index in [0.717, 1.165) is 25.9 Å². The van der Waals surface area contributed by atoms with Crippen LogP contribution in [0.25, 0.3) is 0 Å². The highest BCUT2D eigenvalue weighted by molar-refractivity contribution is 5.79. The third kappa shape index (κ3) is 3.46. The Labute approximate surface area is 118 Å². The molecule has 8 nitrogen and oxygen atoms in total. The predicted molar refractivity (Wildman–Crippen MR) is 78.0 cm³/mol. The Morgan fingerprint density at radius 1 is 1.20 bits per heavy atom. The Morgan fingerprint density at radius 3 is 2.45 bits per heavy atom. The van der Waals surface area contributed by atoms with Gasteiger partial charge in [-0.2, -0.15) is 15.0 Å². The van der Waals surface area contributed by atoms with Crippen molar-refractivity contribution in [1.82, 2.24) is 19.9 Å². The standard InChI is InChI=1S/C12H21N7O/c1-13-10-15-11(14-8-9(20)18(2)3)17-12(16-10)19-6-4-5-7-19/h4-8H2,1-3H3,(H2,13,14,15,16,17). The minimum absolute atomic E-state index is 0.0286. The Bertz CT molecular complexity index is 471. The Hall–Kier alpha value is -2.12. The van der Waals surface area contributed by atoms with Crippen LogP contribution in [0.15, 0.2) is 0 Å². The van der Waals surface area contributed by atoms with Crippen LogP contribution in [-0.2, 0) is 4.79 Å². The highest BCUT2D eigenvalue weighted by atomic mass is 16.2. The third-order valence-corrected chi connectivity index (χ3v) is 3.13. The van der Waals surface area contributed by atoms with Crippen LogP contribution < -0.4 is 15.5 Å². The van der Waals surface area contributed by atoms with Crippen LogP contribution in [0.1, 0.15) is 12.8 Å². The van der Waals surface area contributed by atoms with Gasteiger partial charge >= 0.3 is 0 Å². The van der Waals surface area contributed by atoms with Crippen molar-refractivity contribution in [1.29, 1.82) is 0 Å². The van der Waals surface area contributed by atoms with E-state index >= 15 is 0 Å². The molecule has 0 aliphatic carbocycles. The normalized spacial score (nSPS) is 14.2. The second-order valence-electron chi connectivity index (χ2n) is 4.87. The molecule has 1 amide bonds. The average Bonchev–Trinajstić information content (AvgIpc) is 2.98. The van der Waals surface area contributed by atoms with Gasteiger partial charge in [0.15, 0.2) is 0 Å². The molecule has 0 bridgehead atoms. The number of aromatic nitrogens is 3. The van der Waals surface area contributed by atoms with Gasteiger partial charge in [-0.15, -0.1) is 0 Å². The quantitative estimate of drug-likeness (QED) is 0.785. The van der Waals surface area contributed by atoms with Crippen molar-refractivity contribution >= 4 is 23.8 Å². The molecule has 8 heteroatoms. The molecule has 1 aliphatic heterocycles. The number of anilines is 3. The van der Waals surface area contributed by atoms with E-state index in [2.05, 4.69) is 30.5 Å². The molecular weight excluding hydrogens is 258 g/mol.